The van der Waals surface area contributed by atoms with Crippen molar-refractivity contribution in [3.63, 3.8) is 0 Å². The van der Waals surface area contributed by atoms with Gasteiger partial charge in [-0.25, -0.2) is 0 Å². The molecule has 0 aromatic heterocycles. The zero-order valence-corrected chi connectivity index (χ0v) is 20.6. The number of allylic oxidation sites excluding steroid dienone is 2. The lowest BCUT2D eigenvalue weighted by molar-refractivity contribution is 0.303. The summed E-state index contributed by atoms with van der Waals surface area (Å²) in [7, 11) is 0. The highest BCUT2D eigenvalue weighted by molar-refractivity contribution is 5.38. The van der Waals surface area contributed by atoms with Crippen molar-refractivity contribution in [2.75, 3.05) is 0 Å². The summed E-state index contributed by atoms with van der Waals surface area (Å²) in [6.45, 7) is 4.43. The van der Waals surface area contributed by atoms with Crippen LogP contribution in [0.4, 0.5) is 0 Å². The van der Waals surface area contributed by atoms with E-state index >= 15 is 0 Å². The Morgan fingerprint density at radius 3 is 2.28 bits per heavy atom. The van der Waals surface area contributed by atoms with Crippen LogP contribution in [0.5, 0.6) is 0 Å². The molecule has 2 aromatic carbocycles. The van der Waals surface area contributed by atoms with E-state index in [1.54, 1.807) is 22.3 Å². The predicted molar refractivity (Wildman–Crippen MR) is 140 cm³/mol. The van der Waals surface area contributed by atoms with Gasteiger partial charge in [-0.3, -0.25) is 0 Å². The van der Waals surface area contributed by atoms with Crippen LogP contribution in [0.15, 0.2) is 54.6 Å². The van der Waals surface area contributed by atoms with Crippen LogP contribution in [0.3, 0.4) is 0 Å². The van der Waals surface area contributed by atoms with Gasteiger partial charge in [0.1, 0.15) is 0 Å². The van der Waals surface area contributed by atoms with Gasteiger partial charge in [-0.2, -0.15) is 0 Å². The molecule has 2 aliphatic carbocycles. The fourth-order valence-corrected chi connectivity index (χ4v) is 6.17. The van der Waals surface area contributed by atoms with Crippen molar-refractivity contribution in [2.24, 2.45) is 5.92 Å². The van der Waals surface area contributed by atoms with Gasteiger partial charge in [-0.15, -0.1) is 0 Å². The average Bonchev–Trinajstić information content (AvgIpc) is 2.85. The van der Waals surface area contributed by atoms with Gasteiger partial charge in [0, 0.05) is 0 Å². The van der Waals surface area contributed by atoms with Crippen molar-refractivity contribution in [3.8, 4) is 0 Å². The summed E-state index contributed by atoms with van der Waals surface area (Å²) in [6.07, 6.45) is 21.9. The van der Waals surface area contributed by atoms with Crippen LogP contribution in [0.1, 0.15) is 118 Å². The molecule has 1 atom stereocenters. The summed E-state index contributed by atoms with van der Waals surface area (Å²) in [5, 5.41) is 0. The molecule has 4 rings (SSSR count). The highest BCUT2D eigenvalue weighted by Crippen LogP contribution is 2.39. The molecule has 1 unspecified atom stereocenters. The van der Waals surface area contributed by atoms with E-state index in [0.717, 1.165) is 18.3 Å². The molecule has 0 radical (unpaired) electrons. The first-order valence-electron chi connectivity index (χ1n) is 13.6. The zero-order chi connectivity index (χ0) is 22.2. The second-order valence-electron chi connectivity index (χ2n) is 10.5. The summed E-state index contributed by atoms with van der Waals surface area (Å²) in [6, 6.07) is 17.1. The van der Waals surface area contributed by atoms with E-state index in [1.165, 1.54) is 82.6 Å². The molecular weight excluding hydrogens is 384 g/mol. The van der Waals surface area contributed by atoms with E-state index in [-0.39, 0.29) is 0 Å². The molecule has 32 heavy (non-hydrogen) atoms. The maximum absolute atomic E-state index is 2.48. The summed E-state index contributed by atoms with van der Waals surface area (Å²) in [4.78, 5) is 0. The standard InChI is InChI=1S/C32H44/c1-3-5-7-9-25-11-14-27(15-12-25)28-17-19-29(20-18-28)31-22-21-30-23-26(10-8-6-4-2)13-16-32(30)24-31/h4,6,13,16-20,23,25,27,31H,3,5,7-12,14-15,21-22,24H2,1-2H3/b6-4+. The van der Waals surface area contributed by atoms with Gasteiger partial charge in [-0.05, 0) is 110 Å². The van der Waals surface area contributed by atoms with E-state index in [1.807, 2.05) is 0 Å². The molecule has 0 amide bonds. The van der Waals surface area contributed by atoms with Gasteiger partial charge in [-0.1, -0.05) is 87.2 Å². The van der Waals surface area contributed by atoms with Gasteiger partial charge in [0.15, 0.2) is 0 Å². The van der Waals surface area contributed by atoms with Crippen molar-refractivity contribution >= 4 is 0 Å². The largest absolute Gasteiger partial charge is 0.0917 e. The SMILES string of the molecule is C/C=C/CCc1ccc2c(c1)CCC(c1ccc(C3CCC(CCCCC)CC3)cc1)C2. The third-order valence-corrected chi connectivity index (χ3v) is 8.28. The van der Waals surface area contributed by atoms with Crippen molar-refractivity contribution in [1.29, 1.82) is 0 Å². The van der Waals surface area contributed by atoms with E-state index in [4.69, 9.17) is 0 Å². The average molecular weight is 429 g/mol. The first-order chi connectivity index (χ1) is 15.8. The number of hydrogen-bond donors (Lipinski definition) is 0. The minimum Gasteiger partial charge on any atom is -0.0917 e. The summed E-state index contributed by atoms with van der Waals surface area (Å²) >= 11 is 0. The van der Waals surface area contributed by atoms with Crippen molar-refractivity contribution in [2.45, 2.75) is 109 Å². The molecule has 0 bridgehead atoms. The molecule has 0 heterocycles. The second-order valence-corrected chi connectivity index (χ2v) is 10.5. The van der Waals surface area contributed by atoms with Crippen LogP contribution >= 0.6 is 0 Å². The Kier molecular flexibility index (Phi) is 8.66. The lowest BCUT2D eigenvalue weighted by Gasteiger charge is -2.29. The monoisotopic (exact) mass is 428 g/mol. The van der Waals surface area contributed by atoms with Gasteiger partial charge in [0.2, 0.25) is 0 Å². The number of benzene rings is 2. The molecular formula is C32H44. The molecule has 2 aromatic rings. The Morgan fingerprint density at radius 2 is 1.56 bits per heavy atom. The van der Waals surface area contributed by atoms with E-state index in [0.29, 0.717) is 5.92 Å². The van der Waals surface area contributed by atoms with E-state index < -0.39 is 0 Å². The first kappa shape index (κ1) is 23.3. The minimum absolute atomic E-state index is 0.694. The molecule has 172 valence electrons. The summed E-state index contributed by atoms with van der Waals surface area (Å²) in [5.74, 6) is 2.50. The van der Waals surface area contributed by atoms with E-state index in [9.17, 15) is 0 Å². The third-order valence-electron chi connectivity index (χ3n) is 8.28. The second kappa shape index (κ2) is 11.9. The third kappa shape index (κ3) is 6.15. The van der Waals surface area contributed by atoms with Gasteiger partial charge in [0.05, 0.1) is 0 Å². The number of unbranched alkanes of at least 4 members (excludes halogenated alkanes) is 2. The first-order valence-corrected chi connectivity index (χ1v) is 13.6. The lowest BCUT2D eigenvalue weighted by atomic mass is 9.76. The summed E-state index contributed by atoms with van der Waals surface area (Å²) < 4.78 is 0. The zero-order valence-electron chi connectivity index (χ0n) is 20.6. The molecule has 0 saturated heterocycles. The fourth-order valence-electron chi connectivity index (χ4n) is 6.17. The van der Waals surface area contributed by atoms with Gasteiger partial charge in [0.25, 0.3) is 0 Å². The highest BCUT2D eigenvalue weighted by atomic mass is 14.3. The maximum Gasteiger partial charge on any atom is -0.0118 e. The molecule has 0 heteroatoms. The molecule has 2 aliphatic rings. The molecule has 0 spiro atoms. The van der Waals surface area contributed by atoms with Gasteiger partial charge >= 0.3 is 0 Å². The van der Waals surface area contributed by atoms with Crippen molar-refractivity contribution in [3.05, 3.63) is 82.4 Å². The quantitative estimate of drug-likeness (QED) is 0.276. The Morgan fingerprint density at radius 1 is 0.812 bits per heavy atom. The van der Waals surface area contributed by atoms with Crippen LogP contribution in [0.2, 0.25) is 0 Å². The Labute approximate surface area is 197 Å². The Hall–Kier alpha value is -1.82. The van der Waals surface area contributed by atoms with Crippen molar-refractivity contribution in [1.82, 2.24) is 0 Å². The Balaban J connectivity index is 1.30. The normalized spacial score (nSPS) is 23.4. The number of fused-ring (bicyclic) bond motifs is 1. The highest BCUT2D eigenvalue weighted by Gasteiger charge is 2.23. The maximum atomic E-state index is 2.48. The topological polar surface area (TPSA) is 0 Å². The predicted octanol–water partition coefficient (Wildman–Crippen LogP) is 9.32. The van der Waals surface area contributed by atoms with Crippen molar-refractivity contribution < 1.29 is 0 Å². The molecule has 0 N–H and O–H groups in total. The number of hydrogen-bond acceptors (Lipinski definition) is 0. The molecule has 0 aliphatic heterocycles. The lowest BCUT2D eigenvalue weighted by Crippen LogP contribution is -2.14. The minimum atomic E-state index is 0.694. The Bertz CT molecular complexity index is 848. The van der Waals surface area contributed by atoms with Crippen LogP contribution in [0, 0.1) is 5.92 Å². The molecule has 0 nitrogen and oxygen atoms in total. The van der Waals surface area contributed by atoms with Crippen LogP contribution < -0.4 is 0 Å². The van der Waals surface area contributed by atoms with Crippen LogP contribution in [-0.2, 0) is 19.3 Å². The number of aryl methyl sites for hydroxylation is 2. The number of rotatable bonds is 9. The van der Waals surface area contributed by atoms with Crippen LogP contribution in [0.25, 0.3) is 0 Å². The van der Waals surface area contributed by atoms with E-state index in [2.05, 4.69) is 68.5 Å². The summed E-state index contributed by atoms with van der Waals surface area (Å²) in [5.41, 5.74) is 7.85. The van der Waals surface area contributed by atoms with Crippen LogP contribution in [-0.4, -0.2) is 0 Å². The van der Waals surface area contributed by atoms with Gasteiger partial charge < -0.3 is 0 Å². The smallest absolute Gasteiger partial charge is 0.0118 e. The molecule has 1 saturated carbocycles. The molecule has 1 fully saturated rings. The fraction of sp³-hybridized carbons (Fsp3) is 0.562.